The summed E-state index contributed by atoms with van der Waals surface area (Å²) in [4.78, 5) is 0. The number of nitrogens with one attached hydrogen (secondary N) is 1. The van der Waals surface area contributed by atoms with Gasteiger partial charge in [0.1, 0.15) is 5.82 Å². The molecule has 19 heavy (non-hydrogen) atoms. The zero-order valence-corrected chi connectivity index (χ0v) is 12.0. The molecule has 0 amide bonds. The molecule has 2 aromatic carbocycles. The summed E-state index contributed by atoms with van der Waals surface area (Å²) in [6.45, 7) is 2.02. The molecule has 1 unspecified atom stereocenters. The standard InChI is InChI=1S/C15H14Cl2FN/c1-10(7-11-3-2-4-13(18)8-11)19-15-6-5-12(16)9-14(15)17/h2-6,8-10,19H,7H2,1H3. The summed E-state index contributed by atoms with van der Waals surface area (Å²) in [7, 11) is 0. The smallest absolute Gasteiger partial charge is 0.123 e. The third-order valence-corrected chi connectivity index (χ3v) is 3.31. The van der Waals surface area contributed by atoms with Crippen molar-refractivity contribution in [2.45, 2.75) is 19.4 Å². The minimum absolute atomic E-state index is 0.139. The molecular formula is C15H14Cl2FN. The van der Waals surface area contributed by atoms with Gasteiger partial charge >= 0.3 is 0 Å². The maximum Gasteiger partial charge on any atom is 0.123 e. The van der Waals surface area contributed by atoms with E-state index < -0.39 is 0 Å². The normalized spacial score (nSPS) is 12.2. The molecule has 0 saturated carbocycles. The van der Waals surface area contributed by atoms with Crippen molar-refractivity contribution in [1.29, 1.82) is 0 Å². The summed E-state index contributed by atoms with van der Waals surface area (Å²) in [6, 6.07) is 12.1. The van der Waals surface area contributed by atoms with E-state index in [0.29, 0.717) is 10.0 Å². The summed E-state index contributed by atoms with van der Waals surface area (Å²) < 4.78 is 13.1. The maximum atomic E-state index is 13.1. The van der Waals surface area contributed by atoms with Crippen LogP contribution in [0.2, 0.25) is 10.0 Å². The van der Waals surface area contributed by atoms with Crippen molar-refractivity contribution in [2.75, 3.05) is 5.32 Å². The van der Waals surface area contributed by atoms with E-state index >= 15 is 0 Å². The highest BCUT2D eigenvalue weighted by Crippen LogP contribution is 2.26. The molecule has 2 aromatic rings. The number of hydrogen-bond donors (Lipinski definition) is 1. The third kappa shape index (κ3) is 4.12. The molecule has 2 rings (SSSR count). The quantitative estimate of drug-likeness (QED) is 0.820. The van der Waals surface area contributed by atoms with Crippen molar-refractivity contribution in [3.05, 3.63) is 63.9 Å². The zero-order chi connectivity index (χ0) is 13.8. The first-order valence-electron chi connectivity index (χ1n) is 6.00. The molecule has 0 saturated heterocycles. The van der Waals surface area contributed by atoms with E-state index in [1.807, 2.05) is 19.1 Å². The van der Waals surface area contributed by atoms with Crippen LogP contribution >= 0.6 is 23.2 Å². The topological polar surface area (TPSA) is 12.0 Å². The van der Waals surface area contributed by atoms with Crippen LogP contribution in [0, 0.1) is 5.82 Å². The Bertz CT molecular complexity index is 572. The molecule has 0 fully saturated rings. The molecule has 1 N–H and O–H groups in total. The Labute approximate surface area is 122 Å². The van der Waals surface area contributed by atoms with E-state index in [1.54, 1.807) is 24.3 Å². The first-order chi connectivity index (χ1) is 9.04. The van der Waals surface area contributed by atoms with Gasteiger partial charge in [-0.15, -0.1) is 0 Å². The van der Waals surface area contributed by atoms with Crippen molar-refractivity contribution >= 4 is 28.9 Å². The minimum Gasteiger partial charge on any atom is -0.381 e. The van der Waals surface area contributed by atoms with Crippen LogP contribution in [0.5, 0.6) is 0 Å². The number of hydrogen-bond acceptors (Lipinski definition) is 1. The highest BCUT2D eigenvalue weighted by atomic mass is 35.5. The molecule has 0 radical (unpaired) electrons. The van der Waals surface area contributed by atoms with Gasteiger partial charge in [-0.05, 0) is 49.2 Å². The van der Waals surface area contributed by atoms with Gasteiger partial charge < -0.3 is 5.32 Å². The Hall–Kier alpha value is -1.25. The number of rotatable bonds is 4. The fourth-order valence-electron chi connectivity index (χ4n) is 1.94. The Morgan fingerprint density at radius 3 is 2.63 bits per heavy atom. The average Bonchev–Trinajstić information content (AvgIpc) is 2.33. The fourth-order valence-corrected chi connectivity index (χ4v) is 2.40. The highest BCUT2D eigenvalue weighted by molar-refractivity contribution is 6.36. The van der Waals surface area contributed by atoms with Crippen LogP contribution in [-0.2, 0) is 6.42 Å². The molecular weight excluding hydrogens is 284 g/mol. The van der Waals surface area contributed by atoms with E-state index in [2.05, 4.69) is 5.32 Å². The van der Waals surface area contributed by atoms with Crippen molar-refractivity contribution in [3.63, 3.8) is 0 Å². The lowest BCUT2D eigenvalue weighted by Gasteiger charge is -2.16. The summed E-state index contributed by atoms with van der Waals surface area (Å²) in [5.74, 6) is -0.214. The van der Waals surface area contributed by atoms with Crippen LogP contribution < -0.4 is 5.32 Å². The molecule has 1 atom stereocenters. The molecule has 4 heteroatoms. The van der Waals surface area contributed by atoms with Crippen molar-refractivity contribution < 1.29 is 4.39 Å². The second kappa shape index (κ2) is 6.27. The monoisotopic (exact) mass is 297 g/mol. The van der Waals surface area contributed by atoms with Crippen LogP contribution in [0.4, 0.5) is 10.1 Å². The van der Waals surface area contributed by atoms with E-state index in [4.69, 9.17) is 23.2 Å². The van der Waals surface area contributed by atoms with Gasteiger partial charge in [0.25, 0.3) is 0 Å². The van der Waals surface area contributed by atoms with Gasteiger partial charge in [0, 0.05) is 11.1 Å². The second-order valence-electron chi connectivity index (χ2n) is 4.50. The van der Waals surface area contributed by atoms with Gasteiger partial charge in [0.05, 0.1) is 10.7 Å². The second-order valence-corrected chi connectivity index (χ2v) is 5.35. The van der Waals surface area contributed by atoms with Crippen molar-refractivity contribution in [3.8, 4) is 0 Å². The SMILES string of the molecule is CC(Cc1cccc(F)c1)Nc1ccc(Cl)cc1Cl. The van der Waals surface area contributed by atoms with Gasteiger partial charge in [-0.25, -0.2) is 4.39 Å². The predicted octanol–water partition coefficient (Wildman–Crippen LogP) is 5.18. The molecule has 100 valence electrons. The van der Waals surface area contributed by atoms with E-state index in [9.17, 15) is 4.39 Å². The first-order valence-corrected chi connectivity index (χ1v) is 6.76. The Morgan fingerprint density at radius 1 is 1.16 bits per heavy atom. The van der Waals surface area contributed by atoms with Crippen LogP contribution in [-0.4, -0.2) is 6.04 Å². The number of anilines is 1. The molecule has 0 spiro atoms. The predicted molar refractivity (Wildman–Crippen MR) is 79.7 cm³/mol. The van der Waals surface area contributed by atoms with Crippen LogP contribution in [0.1, 0.15) is 12.5 Å². The molecule has 0 aliphatic heterocycles. The highest BCUT2D eigenvalue weighted by Gasteiger charge is 2.07. The molecule has 0 aliphatic rings. The van der Waals surface area contributed by atoms with Crippen LogP contribution in [0.3, 0.4) is 0 Å². The lowest BCUT2D eigenvalue weighted by atomic mass is 10.1. The first kappa shape index (κ1) is 14.2. The lowest BCUT2D eigenvalue weighted by molar-refractivity contribution is 0.624. The van der Waals surface area contributed by atoms with Crippen LogP contribution in [0.25, 0.3) is 0 Å². The Kier molecular flexibility index (Phi) is 4.67. The third-order valence-electron chi connectivity index (χ3n) is 2.76. The van der Waals surface area contributed by atoms with E-state index in [1.165, 1.54) is 6.07 Å². The zero-order valence-electron chi connectivity index (χ0n) is 10.5. The fraction of sp³-hybridized carbons (Fsp3) is 0.200. The largest absolute Gasteiger partial charge is 0.381 e. The average molecular weight is 298 g/mol. The summed E-state index contributed by atoms with van der Waals surface area (Å²) in [5, 5.41) is 4.48. The molecule has 1 nitrogen and oxygen atoms in total. The minimum atomic E-state index is -0.214. The number of halogens is 3. The Balaban J connectivity index is 2.03. The van der Waals surface area contributed by atoms with Crippen LogP contribution in [0.15, 0.2) is 42.5 Å². The van der Waals surface area contributed by atoms with E-state index in [0.717, 1.165) is 17.7 Å². The molecule has 0 heterocycles. The lowest BCUT2D eigenvalue weighted by Crippen LogP contribution is -2.18. The summed E-state index contributed by atoms with van der Waals surface area (Å²) in [5.41, 5.74) is 1.78. The maximum absolute atomic E-state index is 13.1. The van der Waals surface area contributed by atoms with E-state index in [-0.39, 0.29) is 11.9 Å². The van der Waals surface area contributed by atoms with Gasteiger partial charge in [-0.3, -0.25) is 0 Å². The van der Waals surface area contributed by atoms with Gasteiger partial charge in [-0.2, -0.15) is 0 Å². The molecule has 0 bridgehead atoms. The van der Waals surface area contributed by atoms with Crippen molar-refractivity contribution in [2.24, 2.45) is 0 Å². The summed E-state index contributed by atoms with van der Waals surface area (Å²) in [6.07, 6.45) is 0.719. The summed E-state index contributed by atoms with van der Waals surface area (Å²) >= 11 is 11.9. The van der Waals surface area contributed by atoms with Gasteiger partial charge in [-0.1, -0.05) is 35.3 Å². The number of benzene rings is 2. The molecule has 0 aromatic heterocycles. The Morgan fingerprint density at radius 2 is 1.95 bits per heavy atom. The molecule has 0 aliphatic carbocycles. The van der Waals surface area contributed by atoms with Gasteiger partial charge in [0.15, 0.2) is 0 Å². The van der Waals surface area contributed by atoms with Gasteiger partial charge in [0.2, 0.25) is 0 Å². The van der Waals surface area contributed by atoms with Crippen molar-refractivity contribution in [1.82, 2.24) is 0 Å².